The highest BCUT2D eigenvalue weighted by Crippen LogP contribution is 2.32. The fourth-order valence-corrected chi connectivity index (χ4v) is 3.59. The second kappa shape index (κ2) is 10.3. The lowest BCUT2D eigenvalue weighted by atomic mass is 9.77. The van der Waals surface area contributed by atoms with Crippen LogP contribution in [0.4, 0.5) is 0 Å². The summed E-state index contributed by atoms with van der Waals surface area (Å²) in [7, 11) is 0. The van der Waals surface area contributed by atoms with E-state index in [2.05, 4.69) is 0 Å². The van der Waals surface area contributed by atoms with Crippen LogP contribution in [0.1, 0.15) is 16.7 Å². The van der Waals surface area contributed by atoms with Crippen molar-refractivity contribution in [3.8, 4) is 0 Å². The minimum atomic E-state index is -0.556. The van der Waals surface area contributed by atoms with Crippen LogP contribution in [-0.2, 0) is 38.8 Å². The Morgan fingerprint density at radius 2 is 1.07 bits per heavy atom. The molecular weight excluding hydrogens is 376 g/mol. The quantitative estimate of drug-likeness (QED) is 0.498. The number of benzene rings is 3. The second-order valence-corrected chi connectivity index (χ2v) is 7.49. The second-order valence-electron chi connectivity index (χ2n) is 7.49. The molecular formula is C26H26O4. The van der Waals surface area contributed by atoms with Crippen molar-refractivity contribution >= 4 is 5.78 Å². The molecule has 4 heteroatoms. The van der Waals surface area contributed by atoms with Crippen LogP contribution in [0.3, 0.4) is 0 Å². The lowest BCUT2D eigenvalue weighted by Crippen LogP contribution is -2.60. The highest BCUT2D eigenvalue weighted by Gasteiger charge is 2.51. The number of ketones is 1. The van der Waals surface area contributed by atoms with Gasteiger partial charge in [-0.25, -0.2) is 0 Å². The predicted molar refractivity (Wildman–Crippen MR) is 115 cm³/mol. The van der Waals surface area contributed by atoms with Crippen LogP contribution in [0.2, 0.25) is 0 Å². The lowest BCUT2D eigenvalue weighted by molar-refractivity contribution is -0.193. The molecule has 4 nitrogen and oxygen atoms in total. The van der Waals surface area contributed by atoms with Gasteiger partial charge in [-0.1, -0.05) is 91.0 Å². The number of carbonyl (C=O) groups excluding carboxylic acids is 1. The monoisotopic (exact) mass is 402 g/mol. The molecule has 0 bridgehead atoms. The van der Waals surface area contributed by atoms with Crippen molar-refractivity contribution in [2.24, 2.45) is 5.92 Å². The van der Waals surface area contributed by atoms with E-state index < -0.39 is 6.10 Å². The Balaban J connectivity index is 1.35. The summed E-state index contributed by atoms with van der Waals surface area (Å²) in [6.45, 7) is 1.64. The smallest absolute Gasteiger partial charge is 0.172 e. The molecule has 30 heavy (non-hydrogen) atoms. The molecule has 0 spiro atoms. The SMILES string of the molecule is O=C1[C@@H](COCc2ccccc2)[C@H](OCc2ccccc2)[C@H]1OCc1ccccc1. The van der Waals surface area contributed by atoms with Gasteiger partial charge < -0.3 is 14.2 Å². The lowest BCUT2D eigenvalue weighted by Gasteiger charge is -2.42. The van der Waals surface area contributed by atoms with Gasteiger partial charge in [-0.2, -0.15) is 0 Å². The molecule has 0 aliphatic heterocycles. The summed E-state index contributed by atoms with van der Waals surface area (Å²) < 4.78 is 17.9. The van der Waals surface area contributed by atoms with Crippen LogP contribution >= 0.6 is 0 Å². The van der Waals surface area contributed by atoms with Gasteiger partial charge in [0.2, 0.25) is 0 Å². The maximum absolute atomic E-state index is 12.8. The van der Waals surface area contributed by atoms with Gasteiger partial charge >= 0.3 is 0 Å². The van der Waals surface area contributed by atoms with Crippen molar-refractivity contribution in [1.82, 2.24) is 0 Å². The molecule has 0 heterocycles. The molecule has 154 valence electrons. The molecule has 1 saturated carbocycles. The van der Waals surface area contributed by atoms with Gasteiger partial charge in [0.25, 0.3) is 0 Å². The number of Topliss-reactive ketones (excluding diaryl/α,β-unsaturated/α-hetero) is 1. The Morgan fingerprint density at radius 1 is 0.600 bits per heavy atom. The number of hydrogen-bond donors (Lipinski definition) is 0. The third-order valence-electron chi connectivity index (χ3n) is 5.31. The van der Waals surface area contributed by atoms with Crippen LogP contribution in [0.15, 0.2) is 91.0 Å². The Morgan fingerprint density at radius 3 is 1.60 bits per heavy atom. The average molecular weight is 402 g/mol. The normalized spacial score (nSPS) is 20.7. The Bertz CT molecular complexity index is 912. The zero-order valence-corrected chi connectivity index (χ0v) is 16.9. The van der Waals surface area contributed by atoms with E-state index in [0.717, 1.165) is 16.7 Å². The van der Waals surface area contributed by atoms with E-state index in [0.29, 0.717) is 26.4 Å². The van der Waals surface area contributed by atoms with E-state index >= 15 is 0 Å². The summed E-state index contributed by atoms with van der Waals surface area (Å²) in [5.74, 6) is -0.254. The summed E-state index contributed by atoms with van der Waals surface area (Å²) >= 11 is 0. The zero-order chi connectivity index (χ0) is 20.6. The molecule has 4 rings (SSSR count). The molecule has 0 unspecified atom stereocenters. The zero-order valence-electron chi connectivity index (χ0n) is 16.9. The van der Waals surface area contributed by atoms with Gasteiger partial charge in [-0.05, 0) is 16.7 Å². The van der Waals surface area contributed by atoms with Gasteiger partial charge in [0, 0.05) is 0 Å². The minimum absolute atomic E-state index is 0.0528. The van der Waals surface area contributed by atoms with E-state index in [9.17, 15) is 4.79 Å². The molecule has 1 fully saturated rings. The van der Waals surface area contributed by atoms with Crippen molar-refractivity contribution in [3.63, 3.8) is 0 Å². The Labute approximate surface area is 177 Å². The third-order valence-corrected chi connectivity index (χ3v) is 5.31. The largest absolute Gasteiger partial charge is 0.376 e. The molecule has 0 radical (unpaired) electrons. The first kappa shape index (κ1) is 20.5. The fourth-order valence-electron chi connectivity index (χ4n) is 3.59. The maximum atomic E-state index is 12.8. The fraction of sp³-hybridized carbons (Fsp3) is 0.269. The standard InChI is InChI=1S/C26H26O4/c27-24-23(19-28-16-20-10-4-1-5-11-20)25(29-17-21-12-6-2-7-13-21)26(24)30-18-22-14-8-3-9-15-22/h1-15,23,25-26H,16-19H2/t23-,25+,26+/m1/s1. The molecule has 0 aromatic heterocycles. The summed E-state index contributed by atoms with van der Waals surface area (Å²) in [5.41, 5.74) is 3.20. The number of hydrogen-bond acceptors (Lipinski definition) is 4. The molecule has 0 N–H and O–H groups in total. The highest BCUT2D eigenvalue weighted by atomic mass is 16.6. The van der Waals surface area contributed by atoms with E-state index in [-0.39, 0.29) is 17.8 Å². The van der Waals surface area contributed by atoms with Gasteiger partial charge in [-0.3, -0.25) is 4.79 Å². The van der Waals surface area contributed by atoms with Gasteiger partial charge in [-0.15, -0.1) is 0 Å². The summed E-state index contributed by atoms with van der Waals surface area (Å²) in [6, 6.07) is 29.8. The predicted octanol–water partition coefficient (Wildman–Crippen LogP) is 4.57. The van der Waals surface area contributed by atoms with E-state index in [1.54, 1.807) is 0 Å². The third kappa shape index (κ3) is 5.22. The van der Waals surface area contributed by atoms with E-state index in [1.807, 2.05) is 91.0 Å². The molecule has 0 amide bonds. The van der Waals surface area contributed by atoms with Gasteiger partial charge in [0.05, 0.1) is 32.3 Å². The van der Waals surface area contributed by atoms with E-state index in [1.165, 1.54) is 0 Å². The topological polar surface area (TPSA) is 44.8 Å². The van der Waals surface area contributed by atoms with Crippen LogP contribution in [0.5, 0.6) is 0 Å². The first-order chi connectivity index (χ1) is 14.8. The van der Waals surface area contributed by atoms with E-state index in [4.69, 9.17) is 14.2 Å². The first-order valence-corrected chi connectivity index (χ1v) is 10.3. The molecule has 1 aliphatic rings. The summed E-state index contributed by atoms with van der Waals surface area (Å²) in [5, 5.41) is 0. The summed E-state index contributed by atoms with van der Waals surface area (Å²) in [6.07, 6.45) is -0.864. The van der Waals surface area contributed by atoms with Crippen LogP contribution in [-0.4, -0.2) is 24.6 Å². The Kier molecular flexibility index (Phi) is 7.03. The first-order valence-electron chi connectivity index (χ1n) is 10.3. The number of rotatable bonds is 10. The van der Waals surface area contributed by atoms with Crippen molar-refractivity contribution in [1.29, 1.82) is 0 Å². The maximum Gasteiger partial charge on any atom is 0.172 e. The van der Waals surface area contributed by atoms with Crippen LogP contribution in [0.25, 0.3) is 0 Å². The van der Waals surface area contributed by atoms with Crippen molar-refractivity contribution in [2.75, 3.05) is 6.61 Å². The van der Waals surface area contributed by atoms with Crippen molar-refractivity contribution in [2.45, 2.75) is 32.0 Å². The summed E-state index contributed by atoms with van der Waals surface area (Å²) in [4.78, 5) is 12.8. The number of carbonyl (C=O) groups is 1. The van der Waals surface area contributed by atoms with Crippen LogP contribution in [0, 0.1) is 5.92 Å². The van der Waals surface area contributed by atoms with Crippen molar-refractivity contribution in [3.05, 3.63) is 108 Å². The van der Waals surface area contributed by atoms with Gasteiger partial charge in [0.15, 0.2) is 5.78 Å². The minimum Gasteiger partial charge on any atom is -0.376 e. The highest BCUT2D eigenvalue weighted by molar-refractivity contribution is 5.93. The van der Waals surface area contributed by atoms with Crippen molar-refractivity contribution < 1.29 is 19.0 Å². The average Bonchev–Trinajstić information content (AvgIpc) is 2.81. The molecule has 3 aromatic carbocycles. The molecule has 3 atom stereocenters. The molecule has 1 aliphatic carbocycles. The number of ether oxygens (including phenoxy) is 3. The Hall–Kier alpha value is -2.79. The molecule has 0 saturated heterocycles. The molecule has 3 aromatic rings. The van der Waals surface area contributed by atoms with Crippen LogP contribution < -0.4 is 0 Å². The van der Waals surface area contributed by atoms with Gasteiger partial charge in [0.1, 0.15) is 12.2 Å².